The van der Waals surface area contributed by atoms with Crippen LogP contribution in [-0.2, 0) is 10.3 Å². The first-order valence-corrected chi connectivity index (χ1v) is 10.7. The molecule has 2 atom stereocenters. The van der Waals surface area contributed by atoms with Crippen molar-refractivity contribution in [2.45, 2.75) is 25.5 Å². The molecule has 3 aromatic rings. The number of benzene rings is 2. The first-order chi connectivity index (χ1) is 15.9. The Bertz CT molecular complexity index is 918. The molecule has 1 aliphatic heterocycles. The van der Waals surface area contributed by atoms with Crippen LogP contribution in [0.2, 0.25) is 0 Å². The van der Waals surface area contributed by atoms with Crippen LogP contribution in [0.5, 0.6) is 5.75 Å². The van der Waals surface area contributed by atoms with Crippen LogP contribution in [0.3, 0.4) is 0 Å². The zero-order valence-corrected chi connectivity index (χ0v) is 19.0. The van der Waals surface area contributed by atoms with Gasteiger partial charge in [-0.25, -0.2) is 0 Å². The van der Waals surface area contributed by atoms with E-state index in [4.69, 9.17) is 34.4 Å². The molecule has 1 aliphatic rings. The van der Waals surface area contributed by atoms with Gasteiger partial charge >= 0.3 is 0 Å². The minimum absolute atomic E-state index is 0.0139. The summed E-state index contributed by atoms with van der Waals surface area (Å²) < 4.78 is 9.76. The second-order valence-electron chi connectivity index (χ2n) is 7.80. The van der Waals surface area contributed by atoms with Crippen molar-refractivity contribution >= 4 is 11.2 Å². The molecule has 0 amide bonds. The number of aromatic hydroxyl groups is 1. The summed E-state index contributed by atoms with van der Waals surface area (Å²) in [5, 5.41) is 46.6. The second-order valence-corrected chi connectivity index (χ2v) is 7.80. The number of β-amino-alcohol motifs (C(OH)–C–C–N with tert-alkyl or cyclic N) is 1. The summed E-state index contributed by atoms with van der Waals surface area (Å²) in [6, 6.07) is 13.2. The Morgan fingerprint density at radius 1 is 0.848 bits per heavy atom. The first kappa shape index (κ1) is 26.8. The number of phenols is 1. The van der Waals surface area contributed by atoms with E-state index in [0.717, 1.165) is 22.3 Å². The Morgan fingerprint density at radius 2 is 1.45 bits per heavy atom. The summed E-state index contributed by atoms with van der Waals surface area (Å²) in [7, 11) is 0. The van der Waals surface area contributed by atoms with Gasteiger partial charge in [-0.15, -0.1) is 0 Å². The maximum absolute atomic E-state index is 9.35. The lowest BCUT2D eigenvalue weighted by molar-refractivity contribution is 0.0587. The van der Waals surface area contributed by atoms with E-state index in [1.54, 1.807) is 12.1 Å². The van der Waals surface area contributed by atoms with E-state index >= 15 is 0 Å². The molecule has 0 spiro atoms. The van der Waals surface area contributed by atoms with Crippen molar-refractivity contribution in [3.05, 3.63) is 53.6 Å². The van der Waals surface area contributed by atoms with Crippen LogP contribution in [-0.4, -0.2) is 82.9 Å². The predicted octanol–water partition coefficient (Wildman–Crippen LogP) is 1.16. The Morgan fingerprint density at radius 3 is 1.91 bits per heavy atom. The standard InChI is InChI=1S/C15H14O3.C4H9NO3.C4H11NO2/c1-15(2,10-3-6-12(16)7-4-10)11-5-8-13-14(9-11)18-17-13;6-2-1-5-4(3-7)8-5;6-3-1-5-2-4-7/h3-9,16H,1-2H3;4,6-7H,1-3H2;5-7H,1-4H2. The first-order valence-electron chi connectivity index (χ1n) is 10.7. The van der Waals surface area contributed by atoms with Gasteiger partial charge in [0.1, 0.15) is 5.75 Å². The number of aliphatic hydroxyl groups excluding tert-OH is 4. The number of phenolic OH excluding ortho intramolecular Hbond substituents is 1. The van der Waals surface area contributed by atoms with E-state index in [2.05, 4.69) is 19.2 Å². The fraction of sp³-hybridized carbons (Fsp3) is 0.478. The van der Waals surface area contributed by atoms with Crippen molar-refractivity contribution in [3.8, 4) is 5.75 Å². The van der Waals surface area contributed by atoms with Gasteiger partial charge in [0.25, 0.3) is 0 Å². The molecule has 0 saturated carbocycles. The van der Waals surface area contributed by atoms with Crippen LogP contribution in [0.15, 0.2) is 51.6 Å². The van der Waals surface area contributed by atoms with Crippen molar-refractivity contribution in [2.75, 3.05) is 46.1 Å². The average molecular weight is 467 g/mol. The van der Waals surface area contributed by atoms with Crippen LogP contribution in [0.4, 0.5) is 0 Å². The van der Waals surface area contributed by atoms with E-state index in [0.29, 0.717) is 19.6 Å². The average Bonchev–Trinajstić information content (AvgIpc) is 3.55. The minimum Gasteiger partial charge on any atom is -0.508 e. The van der Waals surface area contributed by atoms with Crippen molar-refractivity contribution in [1.29, 1.82) is 0 Å². The third-order valence-corrected chi connectivity index (χ3v) is 5.06. The number of fused-ring (bicyclic) bond motifs is 1. The Hall–Kier alpha value is -2.44. The van der Waals surface area contributed by atoms with Crippen molar-refractivity contribution in [1.82, 2.24) is 10.4 Å². The number of nitrogens with zero attached hydrogens (tertiary/aromatic N) is 1. The maximum Gasteiger partial charge on any atom is 0.226 e. The van der Waals surface area contributed by atoms with Crippen molar-refractivity contribution < 1.29 is 39.5 Å². The molecule has 10 heteroatoms. The second kappa shape index (κ2) is 13.3. The van der Waals surface area contributed by atoms with Crippen molar-refractivity contribution in [2.24, 2.45) is 0 Å². The predicted molar refractivity (Wildman–Crippen MR) is 122 cm³/mol. The van der Waals surface area contributed by atoms with E-state index in [9.17, 15) is 5.11 Å². The Balaban J connectivity index is 0.000000214. The van der Waals surface area contributed by atoms with Crippen LogP contribution >= 0.6 is 0 Å². The SMILES string of the molecule is CC(C)(c1ccc(O)cc1)c1ccc2ooc2c1.OCCN1OC1CO.OCCNCCO. The molecule has 1 aromatic heterocycles. The highest BCUT2D eigenvalue weighted by molar-refractivity contribution is 5.72. The van der Waals surface area contributed by atoms with Gasteiger partial charge in [-0.3, -0.25) is 14.0 Å². The van der Waals surface area contributed by atoms with Gasteiger partial charge in [0, 0.05) is 18.5 Å². The molecule has 0 aliphatic carbocycles. The van der Waals surface area contributed by atoms with Gasteiger partial charge in [0.2, 0.25) is 11.2 Å². The molecule has 4 rings (SSSR count). The molecule has 0 radical (unpaired) electrons. The zero-order chi connectivity index (χ0) is 24.3. The smallest absolute Gasteiger partial charge is 0.226 e. The third-order valence-electron chi connectivity index (χ3n) is 5.06. The van der Waals surface area contributed by atoms with Crippen LogP contribution in [0.25, 0.3) is 11.2 Å². The molecule has 1 fully saturated rings. The molecule has 2 unspecified atom stereocenters. The molecule has 33 heavy (non-hydrogen) atoms. The van der Waals surface area contributed by atoms with E-state index in [1.807, 2.05) is 30.3 Å². The monoisotopic (exact) mass is 466 g/mol. The molecular weight excluding hydrogens is 432 g/mol. The summed E-state index contributed by atoms with van der Waals surface area (Å²) in [4.78, 5) is 4.73. The molecular formula is C23H34N2O8. The van der Waals surface area contributed by atoms with Crippen molar-refractivity contribution in [3.63, 3.8) is 0 Å². The molecule has 6 N–H and O–H groups in total. The Labute approximate surface area is 192 Å². The number of hydroxylamine groups is 2. The van der Waals surface area contributed by atoms with Crippen LogP contribution < -0.4 is 5.32 Å². The van der Waals surface area contributed by atoms with E-state index in [1.165, 1.54) is 5.06 Å². The summed E-state index contributed by atoms with van der Waals surface area (Å²) in [5.41, 5.74) is 3.69. The highest BCUT2D eigenvalue weighted by Gasteiger charge is 2.34. The maximum atomic E-state index is 9.35. The summed E-state index contributed by atoms with van der Waals surface area (Å²) in [5.74, 6) is 0.281. The molecule has 184 valence electrons. The number of nitrogens with one attached hydrogen (secondary N) is 1. The molecule has 0 bridgehead atoms. The van der Waals surface area contributed by atoms with Gasteiger partial charge in [0.05, 0.1) is 33.0 Å². The van der Waals surface area contributed by atoms with E-state index in [-0.39, 0.29) is 43.8 Å². The number of rotatable bonds is 9. The quantitative estimate of drug-likeness (QED) is 0.154. The Kier molecular flexibility index (Phi) is 10.8. The lowest BCUT2D eigenvalue weighted by Gasteiger charge is -2.26. The van der Waals surface area contributed by atoms with E-state index < -0.39 is 0 Å². The molecule has 1 saturated heterocycles. The summed E-state index contributed by atoms with van der Waals surface area (Å²) >= 11 is 0. The summed E-state index contributed by atoms with van der Waals surface area (Å²) in [6.45, 7) is 6.28. The highest BCUT2D eigenvalue weighted by Crippen LogP contribution is 2.34. The lowest BCUT2D eigenvalue weighted by atomic mass is 9.78. The van der Waals surface area contributed by atoms with Gasteiger partial charge in [0.15, 0.2) is 6.23 Å². The fourth-order valence-corrected chi connectivity index (χ4v) is 2.96. The highest BCUT2D eigenvalue weighted by atomic mass is 17.0. The topological polar surface area (TPSA) is 155 Å². The number of hydrogen-bond donors (Lipinski definition) is 6. The van der Waals surface area contributed by atoms with Gasteiger partial charge in [-0.1, -0.05) is 32.0 Å². The number of hydrogen-bond acceptors (Lipinski definition) is 10. The summed E-state index contributed by atoms with van der Waals surface area (Å²) in [6.07, 6.45) is -0.151. The minimum atomic E-state index is -0.151. The van der Waals surface area contributed by atoms with Gasteiger partial charge in [-0.05, 0) is 35.4 Å². The molecule has 2 heterocycles. The third kappa shape index (κ3) is 8.13. The molecule has 2 aromatic carbocycles. The molecule has 10 nitrogen and oxygen atoms in total. The number of aliphatic hydroxyl groups is 4. The largest absolute Gasteiger partial charge is 0.508 e. The van der Waals surface area contributed by atoms with Crippen LogP contribution in [0, 0.1) is 0 Å². The van der Waals surface area contributed by atoms with Crippen LogP contribution in [0.1, 0.15) is 25.0 Å². The fourth-order valence-electron chi connectivity index (χ4n) is 2.96. The van der Waals surface area contributed by atoms with Gasteiger partial charge in [-0.2, -0.15) is 5.06 Å². The zero-order valence-electron chi connectivity index (χ0n) is 19.0. The normalized spacial score (nSPS) is 17.2. The van der Waals surface area contributed by atoms with Gasteiger partial charge < -0.3 is 30.8 Å². The lowest BCUT2D eigenvalue weighted by Crippen LogP contribution is -2.21.